The van der Waals surface area contributed by atoms with Gasteiger partial charge in [0.05, 0.1) is 24.4 Å². The molecular weight excluding hydrogens is 336 g/mol. The van der Waals surface area contributed by atoms with E-state index in [1.807, 2.05) is 0 Å². The van der Waals surface area contributed by atoms with Gasteiger partial charge in [-0.2, -0.15) is 0 Å². The first-order chi connectivity index (χ1) is 11.5. The monoisotopic (exact) mass is 346 g/mol. The van der Waals surface area contributed by atoms with Gasteiger partial charge in [-0.1, -0.05) is 11.6 Å². The van der Waals surface area contributed by atoms with E-state index in [9.17, 15) is 14.7 Å². The molecule has 8 heteroatoms. The molecule has 1 amide bonds. The van der Waals surface area contributed by atoms with E-state index in [0.717, 1.165) is 0 Å². The first-order valence-corrected chi connectivity index (χ1v) is 7.14. The fraction of sp³-hybridized carbons (Fsp3) is 0.0625. The van der Waals surface area contributed by atoms with Crippen molar-refractivity contribution in [1.29, 1.82) is 0 Å². The van der Waals surface area contributed by atoms with E-state index in [1.54, 1.807) is 12.1 Å². The number of carbonyl (C=O) groups is 1. The summed E-state index contributed by atoms with van der Waals surface area (Å²) in [7, 11) is 1.46. The van der Waals surface area contributed by atoms with Crippen molar-refractivity contribution in [1.82, 2.24) is 4.98 Å². The third-order valence-electron chi connectivity index (χ3n) is 3.27. The molecule has 0 aliphatic heterocycles. The lowest BCUT2D eigenvalue weighted by Crippen LogP contribution is -2.21. The summed E-state index contributed by atoms with van der Waals surface area (Å²) in [6, 6.07) is 7.44. The highest BCUT2D eigenvalue weighted by atomic mass is 35.5. The molecule has 0 bridgehead atoms. The second kappa shape index (κ2) is 6.21. The van der Waals surface area contributed by atoms with Gasteiger partial charge in [-0.15, -0.1) is 0 Å². The molecule has 0 radical (unpaired) electrons. The fourth-order valence-electron chi connectivity index (χ4n) is 2.13. The molecule has 0 saturated heterocycles. The van der Waals surface area contributed by atoms with E-state index >= 15 is 0 Å². The summed E-state index contributed by atoms with van der Waals surface area (Å²) in [5.74, 6) is -0.917. The number of aromatic hydroxyl groups is 1. The molecule has 3 aromatic rings. The van der Waals surface area contributed by atoms with Crippen LogP contribution < -0.4 is 15.7 Å². The van der Waals surface area contributed by atoms with Gasteiger partial charge in [0.15, 0.2) is 5.56 Å². The lowest BCUT2D eigenvalue weighted by molar-refractivity contribution is 0.102. The van der Waals surface area contributed by atoms with Crippen molar-refractivity contribution in [3.63, 3.8) is 0 Å². The number of nitrogens with one attached hydrogen (secondary N) is 1. The molecule has 0 saturated carbocycles. The zero-order valence-corrected chi connectivity index (χ0v) is 13.1. The third kappa shape index (κ3) is 2.89. The summed E-state index contributed by atoms with van der Waals surface area (Å²) in [5.41, 5.74) is -1.05. The highest BCUT2D eigenvalue weighted by Crippen LogP contribution is 2.28. The molecular formula is C16H11ClN2O5. The quantitative estimate of drug-likeness (QED) is 0.707. The summed E-state index contributed by atoms with van der Waals surface area (Å²) in [6.45, 7) is 0. The topological polar surface area (TPSA) is 102 Å². The van der Waals surface area contributed by atoms with Gasteiger partial charge < -0.3 is 19.6 Å². The predicted octanol–water partition coefficient (Wildman–Crippen LogP) is 2.81. The van der Waals surface area contributed by atoms with Crippen LogP contribution in [0.5, 0.6) is 11.6 Å². The van der Waals surface area contributed by atoms with E-state index in [1.165, 1.54) is 31.5 Å². The molecule has 0 spiro atoms. The fourth-order valence-corrected chi connectivity index (χ4v) is 2.29. The number of aromatic nitrogens is 1. The van der Waals surface area contributed by atoms with E-state index in [2.05, 4.69) is 10.3 Å². The van der Waals surface area contributed by atoms with Crippen molar-refractivity contribution in [2.45, 2.75) is 0 Å². The van der Waals surface area contributed by atoms with Crippen LogP contribution in [0.25, 0.3) is 11.0 Å². The molecule has 2 N–H and O–H groups in total. The lowest BCUT2D eigenvalue weighted by atomic mass is 10.1. The minimum atomic E-state index is -0.971. The van der Waals surface area contributed by atoms with E-state index in [4.69, 9.17) is 20.8 Å². The van der Waals surface area contributed by atoms with Crippen LogP contribution in [0.15, 0.2) is 45.7 Å². The average molecular weight is 347 g/mol. The van der Waals surface area contributed by atoms with Gasteiger partial charge in [0.2, 0.25) is 5.88 Å². The van der Waals surface area contributed by atoms with Crippen molar-refractivity contribution in [2.24, 2.45) is 0 Å². The van der Waals surface area contributed by atoms with Crippen LogP contribution in [0.4, 0.5) is 5.69 Å². The van der Waals surface area contributed by atoms with Crippen LogP contribution >= 0.6 is 11.6 Å². The van der Waals surface area contributed by atoms with Crippen LogP contribution in [-0.4, -0.2) is 23.1 Å². The number of hydrogen-bond acceptors (Lipinski definition) is 6. The predicted molar refractivity (Wildman–Crippen MR) is 87.9 cm³/mol. The van der Waals surface area contributed by atoms with Crippen LogP contribution in [0.2, 0.25) is 5.02 Å². The lowest BCUT2D eigenvalue weighted by Gasteiger charge is -2.08. The molecule has 0 aliphatic rings. The van der Waals surface area contributed by atoms with Gasteiger partial charge >= 0.3 is 5.63 Å². The number of amides is 1. The number of rotatable bonds is 3. The molecule has 2 heterocycles. The minimum Gasteiger partial charge on any atom is -0.506 e. The minimum absolute atomic E-state index is 0.0904. The number of nitrogens with zero attached hydrogens (tertiary/aromatic N) is 1. The number of benzene rings is 1. The van der Waals surface area contributed by atoms with Gasteiger partial charge in [-0.25, -0.2) is 9.78 Å². The zero-order chi connectivity index (χ0) is 17.3. The standard InChI is InChI=1S/C16H11ClN2O5/c1-23-12-5-3-9(7-18-12)19-15(21)13-14(20)10-4-2-8(17)6-11(10)24-16(13)22/h2-7,20H,1H3,(H,19,21). The second-order valence-corrected chi connectivity index (χ2v) is 5.23. The number of hydrogen-bond donors (Lipinski definition) is 2. The van der Waals surface area contributed by atoms with Crippen LogP contribution in [0.3, 0.4) is 0 Å². The molecule has 1 aromatic carbocycles. The number of ether oxygens (including phenoxy) is 1. The molecule has 0 atom stereocenters. The average Bonchev–Trinajstić information content (AvgIpc) is 2.55. The van der Waals surface area contributed by atoms with Gasteiger partial charge in [0.1, 0.15) is 11.3 Å². The second-order valence-electron chi connectivity index (χ2n) is 4.80. The number of methoxy groups -OCH3 is 1. The Morgan fingerprint density at radius 3 is 2.79 bits per heavy atom. The largest absolute Gasteiger partial charge is 0.506 e. The van der Waals surface area contributed by atoms with Crippen LogP contribution in [-0.2, 0) is 0 Å². The summed E-state index contributed by atoms with van der Waals surface area (Å²) < 4.78 is 9.97. The Bertz CT molecular complexity index is 982. The maximum absolute atomic E-state index is 12.3. The highest BCUT2D eigenvalue weighted by molar-refractivity contribution is 6.31. The SMILES string of the molecule is COc1ccc(NC(=O)c2c(O)c3ccc(Cl)cc3oc2=O)cn1. The number of pyridine rings is 1. The molecule has 0 aliphatic carbocycles. The Morgan fingerprint density at radius 2 is 2.12 bits per heavy atom. The van der Waals surface area contributed by atoms with Crippen LogP contribution in [0, 0.1) is 0 Å². The molecule has 2 aromatic heterocycles. The van der Waals surface area contributed by atoms with E-state index in [0.29, 0.717) is 16.6 Å². The Kier molecular flexibility index (Phi) is 4.09. The molecule has 122 valence electrons. The van der Waals surface area contributed by atoms with E-state index in [-0.39, 0.29) is 11.0 Å². The Labute approximate surface area is 140 Å². The molecule has 24 heavy (non-hydrogen) atoms. The highest BCUT2D eigenvalue weighted by Gasteiger charge is 2.21. The van der Waals surface area contributed by atoms with Crippen LogP contribution in [0.1, 0.15) is 10.4 Å². The maximum atomic E-state index is 12.3. The van der Waals surface area contributed by atoms with Crippen molar-refractivity contribution in [3.8, 4) is 11.6 Å². The summed E-state index contributed by atoms with van der Waals surface area (Å²) >= 11 is 5.82. The smallest absolute Gasteiger partial charge is 0.353 e. The number of halogens is 1. The first-order valence-electron chi connectivity index (χ1n) is 6.76. The normalized spacial score (nSPS) is 10.6. The Hall–Kier alpha value is -3.06. The Balaban J connectivity index is 2.00. The molecule has 7 nitrogen and oxygen atoms in total. The number of fused-ring (bicyclic) bond motifs is 1. The van der Waals surface area contributed by atoms with Crippen molar-refractivity contribution in [2.75, 3.05) is 12.4 Å². The molecule has 3 rings (SSSR count). The number of carbonyl (C=O) groups excluding carboxylic acids is 1. The van der Waals surface area contributed by atoms with Gasteiger partial charge in [-0.3, -0.25) is 4.79 Å². The maximum Gasteiger partial charge on any atom is 0.353 e. The summed E-state index contributed by atoms with van der Waals surface area (Å²) in [4.78, 5) is 28.3. The number of anilines is 1. The first kappa shape index (κ1) is 15.8. The van der Waals surface area contributed by atoms with E-state index < -0.39 is 22.8 Å². The van der Waals surface area contributed by atoms with Gasteiger partial charge in [-0.05, 0) is 18.2 Å². The van der Waals surface area contributed by atoms with Crippen molar-refractivity contribution >= 4 is 34.2 Å². The third-order valence-corrected chi connectivity index (χ3v) is 3.51. The van der Waals surface area contributed by atoms with Crippen molar-refractivity contribution in [3.05, 3.63) is 57.5 Å². The van der Waals surface area contributed by atoms with Gasteiger partial charge in [0.25, 0.3) is 5.91 Å². The van der Waals surface area contributed by atoms with Gasteiger partial charge in [0, 0.05) is 17.2 Å². The van der Waals surface area contributed by atoms with Crippen molar-refractivity contribution < 1.29 is 19.1 Å². The molecule has 0 fully saturated rings. The summed E-state index contributed by atoms with van der Waals surface area (Å²) in [6.07, 6.45) is 1.36. The molecule has 0 unspecified atom stereocenters. The zero-order valence-electron chi connectivity index (χ0n) is 12.4. The Morgan fingerprint density at radius 1 is 1.33 bits per heavy atom. The summed E-state index contributed by atoms with van der Waals surface area (Å²) in [5, 5.41) is 13.3.